The fourth-order valence-electron chi connectivity index (χ4n) is 2.22. The van der Waals surface area contributed by atoms with Crippen LogP contribution in [0.2, 0.25) is 0 Å². The fraction of sp³-hybridized carbons (Fsp3) is 0.333. The fourth-order valence-corrected chi connectivity index (χ4v) is 2.67. The van der Waals surface area contributed by atoms with Crippen LogP contribution in [0.15, 0.2) is 40.9 Å². The molecule has 0 bridgehead atoms. The zero-order chi connectivity index (χ0) is 17.4. The highest BCUT2D eigenvalue weighted by Crippen LogP contribution is 2.36. The molecular weight excluding hydrogens is 377 g/mol. The third-order valence-electron chi connectivity index (χ3n) is 3.50. The second-order valence-corrected chi connectivity index (χ2v) is 6.08. The molecule has 0 aliphatic rings. The van der Waals surface area contributed by atoms with Crippen LogP contribution in [0.25, 0.3) is 0 Å². The van der Waals surface area contributed by atoms with Crippen molar-refractivity contribution >= 4 is 15.9 Å². The van der Waals surface area contributed by atoms with Gasteiger partial charge in [-0.2, -0.15) is 0 Å². The maximum atomic E-state index is 13.0. The maximum absolute atomic E-state index is 13.0. The van der Waals surface area contributed by atoms with Crippen molar-refractivity contribution in [2.24, 2.45) is 0 Å². The Labute approximate surface area is 149 Å². The SMILES string of the molecule is COc1ccc(Br)c(CNCCCO)c1OCc1ccc(F)cc1. The molecule has 0 aliphatic heterocycles. The van der Waals surface area contributed by atoms with Crippen molar-refractivity contribution < 1.29 is 19.0 Å². The summed E-state index contributed by atoms with van der Waals surface area (Å²) in [7, 11) is 1.59. The standard InChI is InChI=1S/C18H21BrFNO3/c1-23-17-8-7-16(19)15(11-21-9-2-10-22)18(17)24-12-13-3-5-14(20)6-4-13/h3-8,21-22H,2,9-12H2,1H3. The first-order valence-corrected chi connectivity index (χ1v) is 8.49. The molecule has 6 heteroatoms. The molecule has 0 unspecified atom stereocenters. The molecule has 0 spiro atoms. The molecule has 0 saturated carbocycles. The van der Waals surface area contributed by atoms with Gasteiger partial charge in [0.25, 0.3) is 0 Å². The van der Waals surface area contributed by atoms with Gasteiger partial charge in [0.1, 0.15) is 12.4 Å². The minimum absolute atomic E-state index is 0.153. The van der Waals surface area contributed by atoms with Crippen LogP contribution < -0.4 is 14.8 Å². The Morgan fingerprint density at radius 3 is 2.58 bits per heavy atom. The van der Waals surface area contributed by atoms with Gasteiger partial charge in [-0.1, -0.05) is 28.1 Å². The van der Waals surface area contributed by atoms with Gasteiger partial charge in [-0.05, 0) is 42.8 Å². The summed E-state index contributed by atoms with van der Waals surface area (Å²) in [6, 6.07) is 9.95. The Bertz CT molecular complexity index is 649. The highest BCUT2D eigenvalue weighted by Gasteiger charge is 2.14. The van der Waals surface area contributed by atoms with E-state index in [-0.39, 0.29) is 12.4 Å². The summed E-state index contributed by atoms with van der Waals surface area (Å²) < 4.78 is 25.3. The number of ether oxygens (including phenoxy) is 2. The van der Waals surface area contributed by atoms with E-state index >= 15 is 0 Å². The lowest BCUT2D eigenvalue weighted by Gasteiger charge is -2.17. The minimum Gasteiger partial charge on any atom is -0.493 e. The van der Waals surface area contributed by atoms with Gasteiger partial charge in [0.05, 0.1) is 7.11 Å². The molecule has 0 saturated heterocycles. The first kappa shape index (κ1) is 18.7. The van der Waals surface area contributed by atoms with Crippen LogP contribution in [0.3, 0.4) is 0 Å². The Morgan fingerprint density at radius 1 is 1.17 bits per heavy atom. The largest absolute Gasteiger partial charge is 0.493 e. The lowest BCUT2D eigenvalue weighted by Crippen LogP contribution is -2.17. The summed E-state index contributed by atoms with van der Waals surface area (Å²) in [5.74, 6) is 1.01. The Balaban J connectivity index is 2.15. The lowest BCUT2D eigenvalue weighted by molar-refractivity contribution is 0.278. The number of nitrogens with one attached hydrogen (secondary N) is 1. The normalized spacial score (nSPS) is 10.7. The molecule has 0 atom stereocenters. The number of aliphatic hydroxyl groups excluding tert-OH is 1. The second kappa shape index (κ2) is 9.61. The zero-order valence-corrected chi connectivity index (χ0v) is 15.1. The Kier molecular flexibility index (Phi) is 7.49. The molecule has 0 aromatic heterocycles. The van der Waals surface area contributed by atoms with Crippen LogP contribution in [-0.2, 0) is 13.2 Å². The van der Waals surface area contributed by atoms with E-state index in [1.807, 2.05) is 12.1 Å². The van der Waals surface area contributed by atoms with Gasteiger partial charge in [-0.3, -0.25) is 0 Å². The average molecular weight is 398 g/mol. The monoisotopic (exact) mass is 397 g/mol. The van der Waals surface area contributed by atoms with E-state index in [1.54, 1.807) is 19.2 Å². The van der Waals surface area contributed by atoms with Crippen LogP contribution >= 0.6 is 15.9 Å². The molecule has 130 valence electrons. The van der Waals surface area contributed by atoms with Gasteiger partial charge < -0.3 is 19.9 Å². The molecule has 2 aromatic rings. The van der Waals surface area contributed by atoms with E-state index in [1.165, 1.54) is 12.1 Å². The number of halogens is 2. The first-order valence-electron chi connectivity index (χ1n) is 7.70. The van der Waals surface area contributed by atoms with Gasteiger partial charge in [-0.25, -0.2) is 4.39 Å². The van der Waals surface area contributed by atoms with Gasteiger partial charge in [0.15, 0.2) is 11.5 Å². The third-order valence-corrected chi connectivity index (χ3v) is 4.24. The Hall–Kier alpha value is -1.63. The predicted octanol–water partition coefficient (Wildman–Crippen LogP) is 3.65. The quantitative estimate of drug-likeness (QED) is 0.634. The van der Waals surface area contributed by atoms with E-state index in [4.69, 9.17) is 14.6 Å². The molecule has 4 nitrogen and oxygen atoms in total. The van der Waals surface area contributed by atoms with E-state index in [2.05, 4.69) is 21.2 Å². The van der Waals surface area contributed by atoms with Gasteiger partial charge in [0, 0.05) is 23.2 Å². The minimum atomic E-state index is -0.271. The summed E-state index contributed by atoms with van der Waals surface area (Å²) in [5, 5.41) is 12.1. The summed E-state index contributed by atoms with van der Waals surface area (Å²) in [6.45, 7) is 1.75. The molecule has 0 fully saturated rings. The maximum Gasteiger partial charge on any atom is 0.167 e. The molecule has 0 heterocycles. The number of methoxy groups -OCH3 is 1. The number of rotatable bonds is 9. The van der Waals surface area contributed by atoms with Crippen LogP contribution in [-0.4, -0.2) is 25.4 Å². The number of aliphatic hydroxyl groups is 1. The molecule has 2 aromatic carbocycles. The van der Waals surface area contributed by atoms with E-state index in [9.17, 15) is 4.39 Å². The molecule has 24 heavy (non-hydrogen) atoms. The van der Waals surface area contributed by atoms with Crippen molar-refractivity contribution in [2.75, 3.05) is 20.3 Å². The molecule has 0 amide bonds. The van der Waals surface area contributed by atoms with E-state index in [0.717, 1.165) is 15.6 Å². The second-order valence-electron chi connectivity index (χ2n) is 5.23. The summed E-state index contributed by atoms with van der Waals surface area (Å²) in [5.41, 5.74) is 1.81. The molecule has 0 aliphatic carbocycles. The first-order chi connectivity index (χ1) is 11.7. The molecular formula is C18H21BrFNO3. The van der Waals surface area contributed by atoms with E-state index in [0.29, 0.717) is 37.6 Å². The van der Waals surface area contributed by atoms with Crippen molar-refractivity contribution in [2.45, 2.75) is 19.6 Å². The number of benzene rings is 2. The van der Waals surface area contributed by atoms with Crippen molar-refractivity contribution in [1.82, 2.24) is 5.32 Å². The predicted molar refractivity (Wildman–Crippen MR) is 94.8 cm³/mol. The molecule has 2 rings (SSSR count). The number of hydrogen-bond donors (Lipinski definition) is 2. The molecule has 2 N–H and O–H groups in total. The van der Waals surface area contributed by atoms with Crippen LogP contribution in [0, 0.1) is 5.82 Å². The van der Waals surface area contributed by atoms with Crippen molar-refractivity contribution in [3.8, 4) is 11.5 Å². The van der Waals surface area contributed by atoms with Crippen LogP contribution in [0.4, 0.5) is 4.39 Å². The highest BCUT2D eigenvalue weighted by molar-refractivity contribution is 9.10. The number of hydrogen-bond acceptors (Lipinski definition) is 4. The summed E-state index contributed by atoms with van der Waals surface area (Å²) >= 11 is 3.54. The third kappa shape index (κ3) is 5.19. The van der Waals surface area contributed by atoms with Crippen LogP contribution in [0.1, 0.15) is 17.5 Å². The lowest BCUT2D eigenvalue weighted by atomic mass is 10.1. The van der Waals surface area contributed by atoms with Crippen molar-refractivity contribution in [3.63, 3.8) is 0 Å². The van der Waals surface area contributed by atoms with Gasteiger partial charge >= 0.3 is 0 Å². The Morgan fingerprint density at radius 2 is 1.92 bits per heavy atom. The zero-order valence-electron chi connectivity index (χ0n) is 13.5. The summed E-state index contributed by atoms with van der Waals surface area (Å²) in [4.78, 5) is 0. The topological polar surface area (TPSA) is 50.7 Å². The van der Waals surface area contributed by atoms with E-state index < -0.39 is 0 Å². The highest BCUT2D eigenvalue weighted by atomic mass is 79.9. The van der Waals surface area contributed by atoms with Crippen molar-refractivity contribution in [1.29, 1.82) is 0 Å². The van der Waals surface area contributed by atoms with Gasteiger partial charge in [-0.15, -0.1) is 0 Å². The van der Waals surface area contributed by atoms with Crippen LogP contribution in [0.5, 0.6) is 11.5 Å². The van der Waals surface area contributed by atoms with Gasteiger partial charge in [0.2, 0.25) is 0 Å². The average Bonchev–Trinajstić information content (AvgIpc) is 2.59. The smallest absolute Gasteiger partial charge is 0.167 e. The van der Waals surface area contributed by atoms with Crippen molar-refractivity contribution in [3.05, 3.63) is 57.8 Å². The summed E-state index contributed by atoms with van der Waals surface area (Å²) in [6.07, 6.45) is 0.688. The molecule has 0 radical (unpaired) electrons.